The molecule has 0 fully saturated rings. The summed E-state index contributed by atoms with van der Waals surface area (Å²) in [5.41, 5.74) is -3.24. The molecule has 0 N–H and O–H groups in total. The summed E-state index contributed by atoms with van der Waals surface area (Å²) in [5, 5.41) is 1.11. The second-order valence-corrected chi connectivity index (χ2v) is 9.28. The topological polar surface area (TPSA) is 82.0 Å². The third-order valence-electron chi connectivity index (χ3n) is 5.26. The van der Waals surface area contributed by atoms with Crippen molar-refractivity contribution in [2.75, 3.05) is 0 Å². The van der Waals surface area contributed by atoms with Crippen LogP contribution in [0.15, 0.2) is 97.1 Å². The molecule has 6 nitrogen and oxygen atoms in total. The highest BCUT2D eigenvalue weighted by molar-refractivity contribution is 7.88. The van der Waals surface area contributed by atoms with E-state index < -0.39 is 21.4 Å². The second-order valence-electron chi connectivity index (χ2n) is 7.75. The lowest BCUT2D eigenvalue weighted by Gasteiger charge is -2.11. The molecule has 10 heteroatoms. The molecule has 4 aromatic carbocycles. The normalized spacial score (nSPS) is 12.0. The number of hydrogen-bond donors (Lipinski definition) is 0. The molecule has 0 saturated heterocycles. The third-order valence-corrected chi connectivity index (χ3v) is 6.24. The fourth-order valence-electron chi connectivity index (χ4n) is 3.53. The van der Waals surface area contributed by atoms with Crippen molar-refractivity contribution in [1.29, 1.82) is 0 Å². The molecule has 0 atom stereocenters. The molecular weight excluding hydrogens is 491 g/mol. The van der Waals surface area contributed by atoms with E-state index >= 15 is 0 Å². The SMILES string of the molecule is O=S(=O)(Oc1ccc2cc(-c3nc(-c4ccccc4)nc(-c4ccccc4)n3)ccc2c1)C(F)(F)F. The molecule has 0 unspecified atom stereocenters. The Morgan fingerprint density at radius 2 is 1.06 bits per heavy atom. The van der Waals surface area contributed by atoms with Gasteiger partial charge in [0.2, 0.25) is 0 Å². The van der Waals surface area contributed by atoms with Crippen LogP contribution in [0.5, 0.6) is 5.75 Å². The van der Waals surface area contributed by atoms with Gasteiger partial charge in [0, 0.05) is 16.7 Å². The molecule has 1 aromatic heterocycles. The maximum absolute atomic E-state index is 12.7. The van der Waals surface area contributed by atoms with E-state index in [0.29, 0.717) is 33.8 Å². The number of nitrogens with zero attached hydrogens (tertiary/aromatic N) is 3. The number of hydrogen-bond acceptors (Lipinski definition) is 6. The summed E-state index contributed by atoms with van der Waals surface area (Å²) in [6.07, 6.45) is 0. The smallest absolute Gasteiger partial charge is 0.376 e. The largest absolute Gasteiger partial charge is 0.534 e. The highest BCUT2D eigenvalue weighted by Gasteiger charge is 2.48. The molecule has 0 spiro atoms. The van der Waals surface area contributed by atoms with E-state index in [9.17, 15) is 21.6 Å². The first-order valence-corrected chi connectivity index (χ1v) is 12.0. The summed E-state index contributed by atoms with van der Waals surface area (Å²) in [6.45, 7) is 0. The average molecular weight is 507 g/mol. The number of rotatable bonds is 5. The molecule has 0 saturated carbocycles. The van der Waals surface area contributed by atoms with Crippen LogP contribution in [-0.2, 0) is 10.1 Å². The van der Waals surface area contributed by atoms with Crippen molar-refractivity contribution in [3.05, 3.63) is 97.1 Å². The minimum absolute atomic E-state index is 0.407. The fraction of sp³-hybridized carbons (Fsp3) is 0.0385. The molecule has 36 heavy (non-hydrogen) atoms. The molecule has 180 valence electrons. The summed E-state index contributed by atoms with van der Waals surface area (Å²) in [6, 6.07) is 27.8. The molecule has 0 aliphatic rings. The minimum atomic E-state index is -5.76. The minimum Gasteiger partial charge on any atom is -0.376 e. The van der Waals surface area contributed by atoms with E-state index in [1.54, 1.807) is 18.2 Å². The lowest BCUT2D eigenvalue weighted by molar-refractivity contribution is -0.0500. The Balaban J connectivity index is 1.57. The second kappa shape index (κ2) is 9.04. The van der Waals surface area contributed by atoms with E-state index in [1.165, 1.54) is 12.1 Å². The molecule has 0 radical (unpaired) electrons. The summed E-state index contributed by atoms with van der Waals surface area (Å²) in [5.74, 6) is 0.941. The van der Waals surface area contributed by atoms with Crippen LogP contribution in [0.25, 0.3) is 44.9 Å². The lowest BCUT2D eigenvalue weighted by Crippen LogP contribution is -2.28. The zero-order chi connectivity index (χ0) is 25.3. The standard InChI is InChI=1S/C26H16F3N3O3S/c27-26(28,29)36(33,34)35-22-14-13-19-15-21(12-11-20(19)16-22)25-31-23(17-7-3-1-4-8-17)30-24(32-25)18-9-5-2-6-10-18/h1-16H. The van der Waals surface area contributed by atoms with E-state index in [2.05, 4.69) is 19.1 Å². The van der Waals surface area contributed by atoms with E-state index in [1.807, 2.05) is 60.7 Å². The summed E-state index contributed by atoms with van der Waals surface area (Å²) in [7, 11) is -5.76. The summed E-state index contributed by atoms with van der Waals surface area (Å²) >= 11 is 0. The Bertz CT molecular complexity index is 1600. The number of alkyl halides is 3. The van der Waals surface area contributed by atoms with Crippen LogP contribution in [0.4, 0.5) is 13.2 Å². The molecule has 0 bridgehead atoms. The molecule has 0 aliphatic heterocycles. The Labute approximate surface area is 204 Å². The quantitative estimate of drug-likeness (QED) is 0.206. The Morgan fingerprint density at radius 1 is 0.583 bits per heavy atom. The average Bonchev–Trinajstić information content (AvgIpc) is 2.88. The first kappa shape index (κ1) is 23.4. The van der Waals surface area contributed by atoms with Crippen molar-refractivity contribution in [1.82, 2.24) is 15.0 Å². The Morgan fingerprint density at radius 3 is 1.58 bits per heavy atom. The monoisotopic (exact) mass is 507 g/mol. The van der Waals surface area contributed by atoms with Gasteiger partial charge in [-0.1, -0.05) is 78.9 Å². The van der Waals surface area contributed by atoms with Crippen molar-refractivity contribution < 1.29 is 25.8 Å². The third kappa shape index (κ3) is 4.76. The fourth-order valence-corrected chi connectivity index (χ4v) is 3.98. The van der Waals surface area contributed by atoms with Gasteiger partial charge in [-0.05, 0) is 29.0 Å². The number of aromatic nitrogens is 3. The molecule has 5 aromatic rings. The summed E-state index contributed by atoms with van der Waals surface area (Å²) in [4.78, 5) is 13.9. The van der Waals surface area contributed by atoms with Crippen LogP contribution >= 0.6 is 0 Å². The van der Waals surface area contributed by atoms with Gasteiger partial charge in [-0.2, -0.15) is 21.6 Å². The van der Waals surface area contributed by atoms with Crippen molar-refractivity contribution in [2.24, 2.45) is 0 Å². The Kier molecular flexibility index (Phi) is 5.89. The zero-order valence-corrected chi connectivity index (χ0v) is 19.2. The van der Waals surface area contributed by atoms with Gasteiger partial charge in [0.25, 0.3) is 0 Å². The van der Waals surface area contributed by atoms with Gasteiger partial charge in [-0.25, -0.2) is 15.0 Å². The maximum Gasteiger partial charge on any atom is 0.534 e. The van der Waals surface area contributed by atoms with Crippen molar-refractivity contribution >= 4 is 20.9 Å². The predicted octanol–water partition coefficient (Wildman–Crippen LogP) is 6.25. The van der Waals surface area contributed by atoms with Gasteiger partial charge in [-0.15, -0.1) is 0 Å². The van der Waals surface area contributed by atoms with Gasteiger partial charge in [-0.3, -0.25) is 0 Å². The van der Waals surface area contributed by atoms with Crippen molar-refractivity contribution in [3.8, 4) is 39.9 Å². The molecule has 1 heterocycles. The number of benzene rings is 4. The molecule has 0 amide bonds. The number of halogens is 3. The van der Waals surface area contributed by atoms with E-state index in [0.717, 1.165) is 17.2 Å². The van der Waals surface area contributed by atoms with Crippen molar-refractivity contribution in [3.63, 3.8) is 0 Å². The van der Waals surface area contributed by atoms with E-state index in [4.69, 9.17) is 0 Å². The van der Waals surface area contributed by atoms with Crippen LogP contribution < -0.4 is 4.18 Å². The van der Waals surface area contributed by atoms with E-state index in [-0.39, 0.29) is 0 Å². The van der Waals surface area contributed by atoms with Gasteiger partial charge in [0.05, 0.1) is 0 Å². The van der Waals surface area contributed by atoms with Gasteiger partial charge in [0.1, 0.15) is 5.75 Å². The highest BCUT2D eigenvalue weighted by Crippen LogP contribution is 2.31. The van der Waals surface area contributed by atoms with Crippen LogP contribution in [0.3, 0.4) is 0 Å². The zero-order valence-electron chi connectivity index (χ0n) is 18.3. The van der Waals surface area contributed by atoms with Crippen LogP contribution in [0, 0.1) is 0 Å². The summed E-state index contributed by atoms with van der Waals surface area (Å²) < 4.78 is 64.8. The number of fused-ring (bicyclic) bond motifs is 1. The predicted molar refractivity (Wildman–Crippen MR) is 129 cm³/mol. The molecule has 0 aliphatic carbocycles. The lowest BCUT2D eigenvalue weighted by atomic mass is 10.1. The van der Waals surface area contributed by atoms with Crippen LogP contribution in [-0.4, -0.2) is 28.9 Å². The Hall–Kier alpha value is -4.31. The maximum atomic E-state index is 12.7. The van der Waals surface area contributed by atoms with Crippen molar-refractivity contribution in [2.45, 2.75) is 5.51 Å². The molecule has 5 rings (SSSR count). The first-order valence-electron chi connectivity index (χ1n) is 10.6. The highest BCUT2D eigenvalue weighted by atomic mass is 32.2. The van der Waals surface area contributed by atoms with Crippen LogP contribution in [0.1, 0.15) is 0 Å². The van der Waals surface area contributed by atoms with Gasteiger partial charge < -0.3 is 4.18 Å². The first-order chi connectivity index (χ1) is 17.2. The van der Waals surface area contributed by atoms with Crippen LogP contribution in [0.2, 0.25) is 0 Å². The van der Waals surface area contributed by atoms with Gasteiger partial charge >= 0.3 is 15.6 Å². The van der Waals surface area contributed by atoms with Gasteiger partial charge in [0.15, 0.2) is 17.5 Å². The molecular formula is C26H16F3N3O3S.